The van der Waals surface area contributed by atoms with Crippen LogP contribution in [0.5, 0.6) is 0 Å². The molecule has 0 bridgehead atoms. The lowest BCUT2D eigenvalue weighted by molar-refractivity contribution is -0.384. The monoisotopic (exact) mass is 369 g/mol. The van der Waals surface area contributed by atoms with Gasteiger partial charge in [-0.05, 0) is 34.0 Å². The van der Waals surface area contributed by atoms with Crippen molar-refractivity contribution in [3.05, 3.63) is 61.8 Å². The summed E-state index contributed by atoms with van der Waals surface area (Å²) >= 11 is 9.41. The lowest BCUT2D eigenvalue weighted by Crippen LogP contribution is -2.10. The zero-order valence-corrected chi connectivity index (χ0v) is 13.6. The zero-order chi connectivity index (χ0) is 15.4. The fourth-order valence-electron chi connectivity index (χ4n) is 1.99. The van der Waals surface area contributed by atoms with E-state index in [1.807, 2.05) is 19.1 Å². The first-order valence-corrected chi connectivity index (χ1v) is 7.50. The summed E-state index contributed by atoms with van der Waals surface area (Å²) in [4.78, 5) is 14.5. The summed E-state index contributed by atoms with van der Waals surface area (Å²) in [6, 6.07) is 8.32. The Kier molecular flexibility index (Phi) is 5.14. The molecule has 5 nitrogen and oxygen atoms in total. The minimum absolute atomic E-state index is 0.0752. The van der Waals surface area contributed by atoms with E-state index in [-0.39, 0.29) is 11.7 Å². The Labute approximate surface area is 135 Å². The Bertz CT molecular complexity index is 666. The van der Waals surface area contributed by atoms with Gasteiger partial charge in [0.05, 0.1) is 16.7 Å². The van der Waals surface area contributed by atoms with Crippen molar-refractivity contribution in [1.82, 2.24) is 4.98 Å². The Hall–Kier alpha value is -1.66. The number of anilines is 1. The second-order valence-electron chi connectivity index (χ2n) is 4.45. The van der Waals surface area contributed by atoms with Gasteiger partial charge in [0.2, 0.25) is 0 Å². The van der Waals surface area contributed by atoms with Gasteiger partial charge in [-0.25, -0.2) is 4.98 Å². The van der Waals surface area contributed by atoms with Crippen molar-refractivity contribution >= 4 is 38.9 Å². The van der Waals surface area contributed by atoms with Crippen LogP contribution in [0.2, 0.25) is 5.15 Å². The lowest BCUT2D eigenvalue weighted by Gasteiger charge is -2.19. The van der Waals surface area contributed by atoms with Gasteiger partial charge in [0.1, 0.15) is 0 Å². The van der Waals surface area contributed by atoms with E-state index < -0.39 is 4.92 Å². The van der Waals surface area contributed by atoms with E-state index in [0.717, 1.165) is 16.5 Å². The molecule has 1 N–H and O–H groups in total. The van der Waals surface area contributed by atoms with Crippen molar-refractivity contribution < 1.29 is 4.92 Å². The topological polar surface area (TPSA) is 68.1 Å². The van der Waals surface area contributed by atoms with E-state index in [0.29, 0.717) is 10.8 Å². The molecule has 1 aromatic carbocycles. The number of nitro groups is 1. The fraction of sp³-hybridized carbons (Fsp3) is 0.214. The molecule has 0 aliphatic carbocycles. The predicted molar refractivity (Wildman–Crippen MR) is 86.7 cm³/mol. The molecular formula is C14H13BrClN3O2. The molecule has 0 spiro atoms. The van der Waals surface area contributed by atoms with Gasteiger partial charge < -0.3 is 5.32 Å². The van der Waals surface area contributed by atoms with E-state index in [1.165, 1.54) is 6.07 Å². The molecule has 0 aliphatic rings. The van der Waals surface area contributed by atoms with Gasteiger partial charge in [0, 0.05) is 22.8 Å². The summed E-state index contributed by atoms with van der Waals surface area (Å²) in [5.74, 6) is 0. The molecule has 110 valence electrons. The summed E-state index contributed by atoms with van der Waals surface area (Å²) < 4.78 is 0.809. The first-order valence-electron chi connectivity index (χ1n) is 6.33. The van der Waals surface area contributed by atoms with E-state index in [4.69, 9.17) is 11.6 Å². The maximum atomic E-state index is 10.9. The normalized spacial score (nSPS) is 12.0. The summed E-state index contributed by atoms with van der Waals surface area (Å²) in [5.41, 5.74) is 1.60. The molecule has 21 heavy (non-hydrogen) atoms. The molecule has 1 atom stereocenters. The molecule has 1 unspecified atom stereocenters. The molecule has 2 aromatic rings. The second-order valence-corrected chi connectivity index (χ2v) is 5.72. The van der Waals surface area contributed by atoms with Gasteiger partial charge in [-0.2, -0.15) is 0 Å². The highest BCUT2D eigenvalue weighted by Gasteiger charge is 2.15. The van der Waals surface area contributed by atoms with Crippen molar-refractivity contribution in [1.29, 1.82) is 0 Å². The predicted octanol–water partition coefficient (Wildman–Crippen LogP) is 4.97. The third kappa shape index (κ3) is 3.92. The Morgan fingerprint density at radius 1 is 1.48 bits per heavy atom. The van der Waals surface area contributed by atoms with Crippen molar-refractivity contribution in [3.8, 4) is 0 Å². The summed E-state index contributed by atoms with van der Waals surface area (Å²) in [5, 5.41) is 14.5. The van der Waals surface area contributed by atoms with Crippen LogP contribution in [0.3, 0.4) is 0 Å². The number of pyridine rings is 1. The van der Waals surface area contributed by atoms with Gasteiger partial charge in [0.25, 0.3) is 5.69 Å². The number of nitrogens with one attached hydrogen (secondary N) is 1. The molecule has 0 aliphatic heterocycles. The van der Waals surface area contributed by atoms with E-state index >= 15 is 0 Å². The van der Waals surface area contributed by atoms with E-state index in [1.54, 1.807) is 18.3 Å². The van der Waals surface area contributed by atoms with Crippen LogP contribution in [-0.4, -0.2) is 9.91 Å². The highest BCUT2D eigenvalue weighted by Crippen LogP contribution is 2.30. The smallest absolute Gasteiger partial charge is 0.269 e. The van der Waals surface area contributed by atoms with Crippen LogP contribution in [0.25, 0.3) is 0 Å². The molecule has 1 heterocycles. The third-order valence-corrected chi connectivity index (χ3v) is 3.76. The van der Waals surface area contributed by atoms with Crippen molar-refractivity contribution in [2.75, 3.05) is 5.32 Å². The molecular weight excluding hydrogens is 358 g/mol. The number of nitro benzene ring substituents is 1. The van der Waals surface area contributed by atoms with Crippen LogP contribution in [0.1, 0.15) is 24.9 Å². The number of hydrogen-bond acceptors (Lipinski definition) is 4. The zero-order valence-electron chi connectivity index (χ0n) is 11.2. The third-order valence-electron chi connectivity index (χ3n) is 3.03. The van der Waals surface area contributed by atoms with Crippen LogP contribution in [0.4, 0.5) is 11.4 Å². The minimum Gasteiger partial charge on any atom is -0.376 e. The van der Waals surface area contributed by atoms with Gasteiger partial charge in [0.15, 0.2) is 5.15 Å². The van der Waals surface area contributed by atoms with Crippen LogP contribution in [0, 0.1) is 10.1 Å². The van der Waals surface area contributed by atoms with Crippen molar-refractivity contribution in [2.24, 2.45) is 0 Å². The standard InChI is InChI=1S/C14H13BrClN3O2/c1-2-12(9-4-3-5-11(6-9)19(20)21)18-13-7-10(15)8-17-14(13)16/h3-8,12,18H,2H2,1H3. The van der Waals surface area contributed by atoms with Crippen molar-refractivity contribution in [2.45, 2.75) is 19.4 Å². The Balaban J connectivity index is 2.29. The maximum absolute atomic E-state index is 10.9. The first-order chi connectivity index (χ1) is 10.0. The first kappa shape index (κ1) is 15.7. The number of benzene rings is 1. The number of hydrogen-bond donors (Lipinski definition) is 1. The van der Waals surface area contributed by atoms with Crippen LogP contribution in [0.15, 0.2) is 41.0 Å². The average Bonchev–Trinajstić information content (AvgIpc) is 2.48. The highest BCUT2D eigenvalue weighted by molar-refractivity contribution is 9.10. The quantitative estimate of drug-likeness (QED) is 0.458. The van der Waals surface area contributed by atoms with E-state index in [2.05, 4.69) is 26.2 Å². The number of rotatable bonds is 5. The maximum Gasteiger partial charge on any atom is 0.269 e. The Morgan fingerprint density at radius 3 is 2.90 bits per heavy atom. The SMILES string of the molecule is CCC(Nc1cc(Br)cnc1Cl)c1cccc([N+](=O)[O-])c1. The highest BCUT2D eigenvalue weighted by atomic mass is 79.9. The second kappa shape index (κ2) is 6.87. The van der Waals surface area contributed by atoms with E-state index in [9.17, 15) is 10.1 Å². The van der Waals surface area contributed by atoms with Crippen molar-refractivity contribution in [3.63, 3.8) is 0 Å². The van der Waals surface area contributed by atoms with Gasteiger partial charge in [-0.3, -0.25) is 10.1 Å². The van der Waals surface area contributed by atoms with Gasteiger partial charge in [-0.1, -0.05) is 30.7 Å². The summed E-state index contributed by atoms with van der Waals surface area (Å²) in [7, 11) is 0. The molecule has 1 aromatic heterocycles. The Morgan fingerprint density at radius 2 is 2.24 bits per heavy atom. The molecule has 0 amide bonds. The molecule has 7 heteroatoms. The number of non-ortho nitro benzene ring substituents is 1. The average molecular weight is 371 g/mol. The fourth-order valence-corrected chi connectivity index (χ4v) is 2.48. The molecule has 0 saturated heterocycles. The van der Waals surface area contributed by atoms with Crippen LogP contribution < -0.4 is 5.32 Å². The number of halogens is 2. The molecule has 0 fully saturated rings. The van der Waals surface area contributed by atoms with Crippen LogP contribution >= 0.6 is 27.5 Å². The largest absolute Gasteiger partial charge is 0.376 e. The minimum atomic E-state index is -0.399. The number of aromatic nitrogens is 1. The van der Waals surface area contributed by atoms with Crippen LogP contribution in [-0.2, 0) is 0 Å². The summed E-state index contributed by atoms with van der Waals surface area (Å²) in [6.07, 6.45) is 2.37. The van der Waals surface area contributed by atoms with Gasteiger partial charge in [-0.15, -0.1) is 0 Å². The molecule has 0 radical (unpaired) electrons. The van der Waals surface area contributed by atoms with Gasteiger partial charge >= 0.3 is 0 Å². The molecule has 2 rings (SSSR count). The summed E-state index contributed by atoms with van der Waals surface area (Å²) in [6.45, 7) is 2.00. The lowest BCUT2D eigenvalue weighted by atomic mass is 10.0. The number of nitrogens with zero attached hydrogens (tertiary/aromatic N) is 2. The molecule has 0 saturated carbocycles.